The summed E-state index contributed by atoms with van der Waals surface area (Å²) in [4.78, 5) is 0. The fourth-order valence-electron chi connectivity index (χ4n) is 2.93. The fraction of sp³-hybridized carbons (Fsp3) is 0.786. The molecule has 2 unspecified atom stereocenters. The molecule has 0 radical (unpaired) electrons. The summed E-state index contributed by atoms with van der Waals surface area (Å²) < 4.78 is 3.08. The number of nitrogens with one attached hydrogen (secondary N) is 1. The van der Waals surface area contributed by atoms with E-state index in [4.69, 9.17) is 0 Å². The van der Waals surface area contributed by atoms with Crippen LogP contribution >= 0.6 is 15.9 Å². The summed E-state index contributed by atoms with van der Waals surface area (Å²) in [7, 11) is 1.99. The lowest BCUT2D eigenvalue weighted by Gasteiger charge is -2.31. The third-order valence-corrected chi connectivity index (χ3v) is 5.09. The van der Waals surface area contributed by atoms with Gasteiger partial charge in [-0.05, 0) is 41.1 Å². The lowest BCUT2D eigenvalue weighted by Crippen LogP contribution is -2.40. The maximum atomic E-state index is 9.44. The molecule has 0 spiro atoms. The zero-order valence-corrected chi connectivity index (χ0v) is 13.4. The molecule has 1 aromatic heterocycles. The van der Waals surface area contributed by atoms with Gasteiger partial charge in [0.1, 0.15) is 0 Å². The summed E-state index contributed by atoms with van der Waals surface area (Å²) in [5.74, 6) is 0.409. The Morgan fingerprint density at radius 1 is 1.42 bits per heavy atom. The van der Waals surface area contributed by atoms with E-state index in [1.54, 1.807) is 0 Å². The van der Waals surface area contributed by atoms with Crippen molar-refractivity contribution in [3.8, 4) is 0 Å². The highest BCUT2D eigenvalue weighted by Gasteiger charge is 2.24. The molecule has 0 aromatic carbocycles. The number of hydrogen-bond donors (Lipinski definition) is 2. The Morgan fingerprint density at radius 2 is 2.16 bits per heavy atom. The van der Waals surface area contributed by atoms with Gasteiger partial charge in [-0.25, -0.2) is 0 Å². The molecule has 1 saturated carbocycles. The van der Waals surface area contributed by atoms with Crippen LogP contribution in [0.4, 0.5) is 0 Å². The number of aromatic nitrogens is 2. The van der Waals surface area contributed by atoms with Crippen LogP contribution in [0, 0.1) is 5.92 Å². The lowest BCUT2D eigenvalue weighted by molar-refractivity contribution is 0.152. The Kier molecular flexibility index (Phi) is 5.42. The van der Waals surface area contributed by atoms with Crippen LogP contribution in [0.25, 0.3) is 0 Å². The number of nitrogens with zero attached hydrogens (tertiary/aromatic N) is 2. The molecule has 1 heterocycles. The van der Waals surface area contributed by atoms with E-state index >= 15 is 0 Å². The quantitative estimate of drug-likeness (QED) is 0.872. The number of aliphatic hydroxyl groups excluding tert-OH is 1. The summed E-state index contributed by atoms with van der Waals surface area (Å²) in [6, 6.07) is 0.436. The van der Waals surface area contributed by atoms with Gasteiger partial charge < -0.3 is 10.4 Å². The Bertz CT molecular complexity index is 419. The minimum absolute atomic E-state index is 0.296. The molecule has 4 nitrogen and oxygen atoms in total. The van der Waals surface area contributed by atoms with Gasteiger partial charge in [-0.1, -0.05) is 19.8 Å². The van der Waals surface area contributed by atoms with Gasteiger partial charge in [0.25, 0.3) is 0 Å². The Hall–Kier alpha value is -0.390. The van der Waals surface area contributed by atoms with E-state index in [-0.39, 0.29) is 0 Å². The molecule has 5 heteroatoms. The van der Waals surface area contributed by atoms with E-state index in [0.29, 0.717) is 18.6 Å². The van der Waals surface area contributed by atoms with Gasteiger partial charge in [0.2, 0.25) is 0 Å². The molecule has 0 aliphatic heterocycles. The van der Waals surface area contributed by atoms with Gasteiger partial charge in [0.05, 0.1) is 15.9 Å². The summed E-state index contributed by atoms with van der Waals surface area (Å²) in [5, 5.41) is 17.6. The molecule has 19 heavy (non-hydrogen) atoms. The zero-order valence-electron chi connectivity index (χ0n) is 11.8. The minimum atomic E-state index is 0.296. The average molecular weight is 330 g/mol. The van der Waals surface area contributed by atoms with E-state index in [1.165, 1.54) is 25.0 Å². The first-order valence-corrected chi connectivity index (χ1v) is 8.01. The van der Waals surface area contributed by atoms with Crippen LogP contribution in [-0.2, 0) is 20.0 Å². The molecule has 1 fully saturated rings. The molecule has 2 atom stereocenters. The largest absolute Gasteiger partial charge is 0.396 e. The van der Waals surface area contributed by atoms with E-state index in [2.05, 4.69) is 33.3 Å². The molecular weight excluding hydrogens is 306 g/mol. The highest BCUT2D eigenvalue weighted by molar-refractivity contribution is 9.10. The van der Waals surface area contributed by atoms with Gasteiger partial charge >= 0.3 is 0 Å². The van der Waals surface area contributed by atoms with Gasteiger partial charge in [0, 0.05) is 26.2 Å². The van der Waals surface area contributed by atoms with Crippen molar-refractivity contribution in [3.63, 3.8) is 0 Å². The minimum Gasteiger partial charge on any atom is -0.396 e. The summed E-state index contributed by atoms with van der Waals surface area (Å²) >= 11 is 3.65. The molecule has 2 N–H and O–H groups in total. The van der Waals surface area contributed by atoms with Crippen molar-refractivity contribution in [2.45, 2.75) is 51.6 Å². The van der Waals surface area contributed by atoms with Crippen molar-refractivity contribution < 1.29 is 5.11 Å². The first-order valence-electron chi connectivity index (χ1n) is 7.21. The van der Waals surface area contributed by atoms with E-state index in [1.807, 2.05) is 11.7 Å². The second-order valence-electron chi connectivity index (χ2n) is 5.40. The zero-order chi connectivity index (χ0) is 13.8. The molecule has 1 aliphatic rings. The third-order valence-electron chi connectivity index (χ3n) is 4.18. The molecule has 0 bridgehead atoms. The van der Waals surface area contributed by atoms with E-state index in [0.717, 1.165) is 29.6 Å². The number of rotatable bonds is 5. The number of halogens is 1. The lowest BCUT2D eigenvalue weighted by atomic mass is 9.85. The molecule has 2 rings (SSSR count). The van der Waals surface area contributed by atoms with Crippen molar-refractivity contribution in [2.75, 3.05) is 6.61 Å². The number of hydrogen-bond acceptors (Lipinski definition) is 3. The number of aryl methyl sites for hydroxylation is 2. The smallest absolute Gasteiger partial charge is 0.0767 e. The highest BCUT2D eigenvalue weighted by atomic mass is 79.9. The third kappa shape index (κ3) is 3.38. The standard InChI is InChI=1S/C14H24BrN3O/c1-3-11-14(15)13(18(2)17-11)8-16-12-7-5-4-6-10(12)9-19/h10,12,16,19H,3-9H2,1-2H3. The van der Waals surface area contributed by atoms with Gasteiger partial charge in [-0.2, -0.15) is 5.10 Å². The van der Waals surface area contributed by atoms with Gasteiger partial charge in [-0.15, -0.1) is 0 Å². The van der Waals surface area contributed by atoms with Crippen LogP contribution in [-0.4, -0.2) is 27.5 Å². The van der Waals surface area contributed by atoms with Crippen LogP contribution in [0.2, 0.25) is 0 Å². The average Bonchev–Trinajstić information content (AvgIpc) is 2.71. The summed E-state index contributed by atoms with van der Waals surface area (Å²) in [6.45, 7) is 3.23. The SMILES string of the molecule is CCc1nn(C)c(CNC2CCCCC2CO)c1Br. The molecule has 108 valence electrons. The molecule has 1 aromatic rings. The predicted molar refractivity (Wildman–Crippen MR) is 80.0 cm³/mol. The second kappa shape index (κ2) is 6.86. The molecular formula is C14H24BrN3O. The van der Waals surface area contributed by atoms with Crippen molar-refractivity contribution in [1.29, 1.82) is 0 Å². The van der Waals surface area contributed by atoms with Crippen molar-refractivity contribution in [1.82, 2.24) is 15.1 Å². The monoisotopic (exact) mass is 329 g/mol. The normalized spacial score (nSPS) is 23.8. The van der Waals surface area contributed by atoms with Crippen LogP contribution in [0.15, 0.2) is 4.47 Å². The number of aliphatic hydroxyl groups is 1. The van der Waals surface area contributed by atoms with E-state index < -0.39 is 0 Å². The Balaban J connectivity index is 1.99. The maximum absolute atomic E-state index is 9.44. The summed E-state index contributed by atoms with van der Waals surface area (Å²) in [6.07, 6.45) is 5.76. The second-order valence-corrected chi connectivity index (χ2v) is 6.19. The van der Waals surface area contributed by atoms with Crippen molar-refractivity contribution in [3.05, 3.63) is 15.9 Å². The predicted octanol–water partition coefficient (Wildman–Crippen LogP) is 2.39. The Morgan fingerprint density at radius 3 is 2.79 bits per heavy atom. The van der Waals surface area contributed by atoms with E-state index in [9.17, 15) is 5.11 Å². The van der Waals surface area contributed by atoms with Crippen LogP contribution in [0.5, 0.6) is 0 Å². The van der Waals surface area contributed by atoms with Crippen molar-refractivity contribution in [2.24, 2.45) is 13.0 Å². The topological polar surface area (TPSA) is 50.1 Å². The fourth-order valence-corrected chi connectivity index (χ4v) is 3.69. The molecule has 0 amide bonds. The molecule has 0 saturated heterocycles. The van der Waals surface area contributed by atoms with Crippen LogP contribution < -0.4 is 5.32 Å². The maximum Gasteiger partial charge on any atom is 0.0767 e. The Labute approximate surface area is 123 Å². The summed E-state index contributed by atoms with van der Waals surface area (Å²) in [5.41, 5.74) is 2.31. The van der Waals surface area contributed by atoms with Gasteiger partial charge in [0.15, 0.2) is 0 Å². The molecule has 1 aliphatic carbocycles. The van der Waals surface area contributed by atoms with Crippen molar-refractivity contribution >= 4 is 15.9 Å². The van der Waals surface area contributed by atoms with Crippen LogP contribution in [0.1, 0.15) is 44.0 Å². The first-order chi connectivity index (χ1) is 9.17. The van der Waals surface area contributed by atoms with Crippen LogP contribution in [0.3, 0.4) is 0 Å². The van der Waals surface area contributed by atoms with Gasteiger partial charge in [-0.3, -0.25) is 4.68 Å². The first kappa shape index (κ1) is 15.0. The highest BCUT2D eigenvalue weighted by Crippen LogP contribution is 2.26.